The molecular formula is C14H19N3O5S3. The van der Waals surface area contributed by atoms with Crippen molar-refractivity contribution >= 4 is 53.1 Å². The third-order valence-corrected chi connectivity index (χ3v) is 10.2. The van der Waals surface area contributed by atoms with Gasteiger partial charge in [-0.05, 0) is 12.8 Å². The SMILES string of the molecule is N[C@@H](CSC1CC23NC(CS2)C(=O)N2C(C(=O)O)CSC23C1)C(=O)O. The lowest BCUT2D eigenvalue weighted by Gasteiger charge is -2.50. The van der Waals surface area contributed by atoms with Crippen LogP contribution in [0.25, 0.3) is 0 Å². The number of nitrogens with two attached hydrogens (primary N) is 1. The van der Waals surface area contributed by atoms with E-state index in [9.17, 15) is 19.5 Å². The fourth-order valence-corrected chi connectivity index (χ4v) is 9.60. The van der Waals surface area contributed by atoms with E-state index in [1.165, 1.54) is 11.8 Å². The summed E-state index contributed by atoms with van der Waals surface area (Å²) in [6, 6.07) is -2.03. The van der Waals surface area contributed by atoms with Crippen molar-refractivity contribution in [3.63, 3.8) is 0 Å². The Kier molecular flexibility index (Phi) is 4.23. The lowest BCUT2D eigenvalue weighted by Crippen LogP contribution is -2.71. The molecule has 4 fully saturated rings. The van der Waals surface area contributed by atoms with Gasteiger partial charge in [-0.1, -0.05) is 0 Å². The number of nitrogens with zero attached hydrogens (tertiary/aromatic N) is 1. The van der Waals surface area contributed by atoms with Crippen molar-refractivity contribution in [2.75, 3.05) is 17.3 Å². The number of carboxylic acid groups (broad SMARTS) is 2. The molecule has 8 nitrogen and oxygen atoms in total. The van der Waals surface area contributed by atoms with Gasteiger partial charge in [0.1, 0.15) is 17.0 Å². The predicted molar refractivity (Wildman–Crippen MR) is 96.7 cm³/mol. The maximum atomic E-state index is 12.8. The summed E-state index contributed by atoms with van der Waals surface area (Å²) in [4.78, 5) is 36.2. The van der Waals surface area contributed by atoms with Gasteiger partial charge in [-0.3, -0.25) is 14.9 Å². The quantitative estimate of drug-likeness (QED) is 0.471. The van der Waals surface area contributed by atoms with Gasteiger partial charge in [0.15, 0.2) is 0 Å². The van der Waals surface area contributed by atoms with Gasteiger partial charge in [0.05, 0.1) is 10.9 Å². The number of hydrogen-bond donors (Lipinski definition) is 4. The number of amides is 1. The van der Waals surface area contributed by atoms with Crippen LogP contribution in [0.15, 0.2) is 0 Å². The molecule has 3 saturated heterocycles. The highest BCUT2D eigenvalue weighted by Gasteiger charge is 2.73. The molecule has 11 heteroatoms. The van der Waals surface area contributed by atoms with E-state index in [-0.39, 0.29) is 22.1 Å². The van der Waals surface area contributed by atoms with Crippen LogP contribution in [0, 0.1) is 0 Å². The molecule has 4 rings (SSSR count). The van der Waals surface area contributed by atoms with Gasteiger partial charge in [-0.25, -0.2) is 4.79 Å². The molecule has 1 aliphatic carbocycles. The molecule has 5 N–H and O–H groups in total. The third-order valence-electron chi connectivity index (χ3n) is 5.38. The second-order valence-electron chi connectivity index (χ2n) is 6.80. The normalized spacial score (nSPS) is 43.0. The first-order valence-electron chi connectivity index (χ1n) is 8.01. The molecule has 1 saturated carbocycles. The Hall–Kier alpha value is -0.620. The van der Waals surface area contributed by atoms with Crippen molar-refractivity contribution < 1.29 is 24.6 Å². The van der Waals surface area contributed by atoms with Gasteiger partial charge in [-0.15, -0.1) is 23.5 Å². The number of nitrogens with one attached hydrogen (secondary N) is 1. The molecule has 2 spiro atoms. The van der Waals surface area contributed by atoms with Gasteiger partial charge in [0, 0.05) is 22.5 Å². The van der Waals surface area contributed by atoms with Crippen molar-refractivity contribution in [1.29, 1.82) is 0 Å². The fraction of sp³-hybridized carbons (Fsp3) is 0.786. The molecule has 1 amide bonds. The molecule has 0 radical (unpaired) electrons. The molecule has 0 aromatic heterocycles. The van der Waals surface area contributed by atoms with Crippen LogP contribution in [0.4, 0.5) is 0 Å². The summed E-state index contributed by atoms with van der Waals surface area (Å²) in [6.45, 7) is 0. The Bertz CT molecular complexity index is 651. The summed E-state index contributed by atoms with van der Waals surface area (Å²) < 4.78 is 0. The Morgan fingerprint density at radius 3 is 2.80 bits per heavy atom. The summed E-state index contributed by atoms with van der Waals surface area (Å²) in [5.74, 6) is -0.749. The largest absolute Gasteiger partial charge is 0.480 e. The van der Waals surface area contributed by atoms with Crippen LogP contribution in [-0.2, 0) is 14.4 Å². The predicted octanol–water partition coefficient (Wildman–Crippen LogP) is -0.566. The molecule has 25 heavy (non-hydrogen) atoms. The van der Waals surface area contributed by atoms with E-state index in [1.807, 2.05) is 0 Å². The van der Waals surface area contributed by atoms with Crippen molar-refractivity contribution in [1.82, 2.24) is 10.2 Å². The van der Waals surface area contributed by atoms with E-state index < -0.39 is 28.9 Å². The first-order valence-corrected chi connectivity index (χ1v) is 11.0. The molecule has 3 heterocycles. The second-order valence-corrected chi connectivity index (χ2v) is 10.8. The smallest absolute Gasteiger partial charge is 0.327 e. The molecule has 138 valence electrons. The van der Waals surface area contributed by atoms with E-state index >= 15 is 0 Å². The number of piperazine rings is 1. The van der Waals surface area contributed by atoms with Crippen LogP contribution < -0.4 is 11.1 Å². The summed E-state index contributed by atoms with van der Waals surface area (Å²) in [5.41, 5.74) is 5.62. The molecular weight excluding hydrogens is 386 g/mol. The molecule has 3 aliphatic heterocycles. The molecule has 4 aliphatic rings. The first kappa shape index (κ1) is 17.8. The van der Waals surface area contributed by atoms with Gasteiger partial charge in [-0.2, -0.15) is 11.8 Å². The summed E-state index contributed by atoms with van der Waals surface area (Å²) in [7, 11) is 0. The van der Waals surface area contributed by atoms with E-state index in [0.717, 1.165) is 6.42 Å². The highest BCUT2D eigenvalue weighted by atomic mass is 32.2. The average Bonchev–Trinajstić information content (AvgIpc) is 3.22. The van der Waals surface area contributed by atoms with Crippen LogP contribution in [0.5, 0.6) is 0 Å². The minimum absolute atomic E-state index is 0.120. The first-order chi connectivity index (χ1) is 11.8. The lowest BCUT2D eigenvalue weighted by atomic mass is 10.00. The average molecular weight is 406 g/mol. The number of carbonyl (C=O) groups excluding carboxylic acids is 1. The zero-order valence-electron chi connectivity index (χ0n) is 13.2. The molecule has 0 aromatic carbocycles. The molecule has 5 unspecified atom stereocenters. The molecule has 0 aromatic rings. The van der Waals surface area contributed by atoms with Gasteiger partial charge < -0.3 is 20.8 Å². The maximum absolute atomic E-state index is 12.8. The van der Waals surface area contributed by atoms with Crippen LogP contribution in [0.3, 0.4) is 0 Å². The number of rotatable bonds is 5. The Balaban J connectivity index is 1.61. The molecule has 6 atom stereocenters. The third kappa shape index (κ3) is 2.43. The number of carboxylic acids is 2. The van der Waals surface area contributed by atoms with Crippen molar-refractivity contribution in [3.05, 3.63) is 0 Å². The summed E-state index contributed by atoms with van der Waals surface area (Å²) in [5, 5.41) is 22.1. The lowest BCUT2D eigenvalue weighted by molar-refractivity contribution is -0.155. The van der Waals surface area contributed by atoms with Crippen LogP contribution >= 0.6 is 35.3 Å². The topological polar surface area (TPSA) is 133 Å². The zero-order chi connectivity index (χ0) is 18.0. The number of carbonyl (C=O) groups is 3. The van der Waals surface area contributed by atoms with Gasteiger partial charge in [0.2, 0.25) is 5.91 Å². The zero-order valence-corrected chi connectivity index (χ0v) is 15.7. The van der Waals surface area contributed by atoms with E-state index in [4.69, 9.17) is 10.8 Å². The van der Waals surface area contributed by atoms with Gasteiger partial charge >= 0.3 is 11.9 Å². The number of aliphatic carboxylic acids is 2. The minimum atomic E-state index is -1.02. The highest BCUT2D eigenvalue weighted by molar-refractivity contribution is 8.05. The number of hydrogen-bond acceptors (Lipinski definition) is 8. The fourth-order valence-electron chi connectivity index (χ4n) is 4.28. The van der Waals surface area contributed by atoms with Crippen LogP contribution in [0.2, 0.25) is 0 Å². The maximum Gasteiger partial charge on any atom is 0.327 e. The summed E-state index contributed by atoms with van der Waals surface area (Å²) >= 11 is 4.79. The summed E-state index contributed by atoms with van der Waals surface area (Å²) in [6.07, 6.45) is 1.42. The second kappa shape index (κ2) is 5.95. The Morgan fingerprint density at radius 1 is 1.36 bits per heavy atom. The monoisotopic (exact) mass is 405 g/mol. The van der Waals surface area contributed by atoms with E-state index in [1.54, 1.807) is 28.4 Å². The Labute approximate surface area is 157 Å². The number of fused-ring (bicyclic) bond motifs is 1. The highest BCUT2D eigenvalue weighted by Crippen LogP contribution is 2.65. The standard InChI is InChI=1S/C14H19N3O5S3/c15-7(11(19)20)3-23-6-1-13-14(2-6)17(9(5-25-14)12(21)22)10(18)8(16-13)4-24-13/h6-9,16H,1-5,15H2,(H,19,20)(H,21,22)/t6?,7-,8?,9?,13?,14?/m0/s1. The van der Waals surface area contributed by atoms with Gasteiger partial charge in [0.25, 0.3) is 0 Å². The van der Waals surface area contributed by atoms with E-state index in [0.29, 0.717) is 23.7 Å². The van der Waals surface area contributed by atoms with Crippen molar-refractivity contribution in [2.45, 2.75) is 46.0 Å². The van der Waals surface area contributed by atoms with Crippen LogP contribution in [0.1, 0.15) is 12.8 Å². The Morgan fingerprint density at radius 2 is 2.12 bits per heavy atom. The minimum Gasteiger partial charge on any atom is -0.480 e. The van der Waals surface area contributed by atoms with Crippen molar-refractivity contribution in [2.24, 2.45) is 5.73 Å². The van der Waals surface area contributed by atoms with Crippen LogP contribution in [-0.4, -0.2) is 83.3 Å². The van der Waals surface area contributed by atoms with Crippen molar-refractivity contribution in [3.8, 4) is 0 Å². The van der Waals surface area contributed by atoms with E-state index in [2.05, 4.69) is 5.32 Å². The number of thioether (sulfide) groups is 3. The molecule has 2 bridgehead atoms.